The van der Waals surface area contributed by atoms with Crippen LogP contribution in [-0.4, -0.2) is 0 Å². The molecule has 0 radical (unpaired) electrons. The Kier molecular flexibility index (Phi) is 3.98. The van der Waals surface area contributed by atoms with E-state index in [1.54, 1.807) is 0 Å². The van der Waals surface area contributed by atoms with Crippen LogP contribution in [0.1, 0.15) is 11.1 Å². The van der Waals surface area contributed by atoms with Crippen molar-refractivity contribution in [2.45, 2.75) is 6.61 Å². The van der Waals surface area contributed by atoms with Crippen LogP contribution in [0.4, 0.5) is 8.78 Å². The van der Waals surface area contributed by atoms with Gasteiger partial charge in [-0.05, 0) is 36.4 Å². The molecule has 2 rings (SSSR count). The summed E-state index contributed by atoms with van der Waals surface area (Å²) in [4.78, 5) is 0. The van der Waals surface area contributed by atoms with Gasteiger partial charge in [-0.25, -0.2) is 8.78 Å². The second kappa shape index (κ2) is 5.68. The first-order valence-electron chi connectivity index (χ1n) is 5.36. The molecule has 0 atom stereocenters. The largest absolute Gasteiger partial charge is 0.487 e. The van der Waals surface area contributed by atoms with Crippen molar-refractivity contribution in [1.29, 1.82) is 5.26 Å². The van der Waals surface area contributed by atoms with Crippen LogP contribution in [0.3, 0.4) is 0 Å². The highest BCUT2D eigenvalue weighted by molar-refractivity contribution is 6.32. The van der Waals surface area contributed by atoms with Gasteiger partial charge in [0.25, 0.3) is 0 Å². The maximum atomic E-state index is 13.5. The topological polar surface area (TPSA) is 33.0 Å². The van der Waals surface area contributed by atoms with E-state index in [-0.39, 0.29) is 22.9 Å². The Bertz CT molecular complexity index is 652. The Morgan fingerprint density at radius 3 is 2.63 bits per heavy atom. The van der Waals surface area contributed by atoms with Gasteiger partial charge < -0.3 is 4.74 Å². The second-order valence-electron chi connectivity index (χ2n) is 3.78. The molecule has 0 aliphatic heterocycles. The van der Waals surface area contributed by atoms with E-state index < -0.39 is 11.6 Å². The molecule has 2 aromatic carbocycles. The number of rotatable bonds is 3. The van der Waals surface area contributed by atoms with Gasteiger partial charge >= 0.3 is 0 Å². The number of hydrogen-bond acceptors (Lipinski definition) is 2. The molecule has 0 aliphatic rings. The molecule has 0 spiro atoms. The first-order valence-corrected chi connectivity index (χ1v) is 5.74. The minimum Gasteiger partial charge on any atom is -0.487 e. The molecule has 0 saturated heterocycles. The fraction of sp³-hybridized carbons (Fsp3) is 0.0714. The predicted molar refractivity (Wildman–Crippen MR) is 66.9 cm³/mol. The average Bonchev–Trinajstić information content (AvgIpc) is 2.39. The predicted octanol–water partition coefficient (Wildman–Crippen LogP) is 4.07. The highest BCUT2D eigenvalue weighted by Gasteiger charge is 2.07. The third-order valence-corrected chi connectivity index (χ3v) is 2.75. The van der Waals surface area contributed by atoms with E-state index in [2.05, 4.69) is 0 Å². The number of benzene rings is 2. The van der Waals surface area contributed by atoms with Crippen molar-refractivity contribution >= 4 is 11.6 Å². The lowest BCUT2D eigenvalue weighted by atomic mass is 10.1. The Morgan fingerprint density at radius 1 is 1.16 bits per heavy atom. The zero-order valence-corrected chi connectivity index (χ0v) is 10.4. The Hall–Kier alpha value is -2.12. The summed E-state index contributed by atoms with van der Waals surface area (Å²) in [6.07, 6.45) is 0. The second-order valence-corrected chi connectivity index (χ2v) is 4.19. The molecule has 0 unspecified atom stereocenters. The van der Waals surface area contributed by atoms with Gasteiger partial charge in [0, 0.05) is 5.56 Å². The van der Waals surface area contributed by atoms with E-state index in [4.69, 9.17) is 21.6 Å². The standard InChI is InChI=1S/C14H8ClF2NO/c15-12-6-11(16)2-4-14(12)19-8-10-5-9(7-18)1-3-13(10)17/h1-6H,8H2. The average molecular weight is 280 g/mol. The summed E-state index contributed by atoms with van der Waals surface area (Å²) in [7, 11) is 0. The van der Waals surface area contributed by atoms with Crippen molar-refractivity contribution < 1.29 is 13.5 Å². The summed E-state index contributed by atoms with van der Waals surface area (Å²) in [6, 6.07) is 9.56. The number of nitrogens with zero attached hydrogens (tertiary/aromatic N) is 1. The molecule has 2 nitrogen and oxygen atoms in total. The molecule has 96 valence electrons. The van der Waals surface area contributed by atoms with Crippen LogP contribution in [0, 0.1) is 23.0 Å². The molecule has 0 bridgehead atoms. The third kappa shape index (κ3) is 3.21. The van der Waals surface area contributed by atoms with Gasteiger partial charge in [0.05, 0.1) is 16.7 Å². The zero-order valence-electron chi connectivity index (χ0n) is 9.66. The summed E-state index contributed by atoms with van der Waals surface area (Å²) in [5.41, 5.74) is 0.574. The summed E-state index contributed by atoms with van der Waals surface area (Å²) >= 11 is 5.78. The van der Waals surface area contributed by atoms with Crippen LogP contribution in [0.5, 0.6) is 5.75 Å². The lowest BCUT2D eigenvalue weighted by Crippen LogP contribution is -1.99. The molecule has 0 heterocycles. The van der Waals surface area contributed by atoms with Crippen molar-refractivity contribution in [2.24, 2.45) is 0 Å². The normalized spacial score (nSPS) is 10.0. The molecule has 0 aromatic heterocycles. The van der Waals surface area contributed by atoms with Gasteiger partial charge in [0.2, 0.25) is 0 Å². The van der Waals surface area contributed by atoms with Crippen molar-refractivity contribution in [2.75, 3.05) is 0 Å². The van der Waals surface area contributed by atoms with E-state index in [9.17, 15) is 8.78 Å². The smallest absolute Gasteiger partial charge is 0.138 e. The summed E-state index contributed by atoms with van der Waals surface area (Å²) < 4.78 is 31.6. The molecule has 5 heteroatoms. The van der Waals surface area contributed by atoms with Crippen LogP contribution < -0.4 is 4.74 Å². The Morgan fingerprint density at radius 2 is 1.95 bits per heavy atom. The van der Waals surface area contributed by atoms with Crippen LogP contribution in [0.15, 0.2) is 36.4 Å². The Labute approximate surface area is 113 Å². The fourth-order valence-electron chi connectivity index (χ4n) is 1.50. The molecule has 2 aromatic rings. The van der Waals surface area contributed by atoms with Gasteiger partial charge in [-0.3, -0.25) is 0 Å². The van der Waals surface area contributed by atoms with Crippen LogP contribution in [0.2, 0.25) is 5.02 Å². The van der Waals surface area contributed by atoms with E-state index in [1.807, 2.05) is 6.07 Å². The zero-order chi connectivity index (χ0) is 13.8. The van der Waals surface area contributed by atoms with Gasteiger partial charge in [-0.2, -0.15) is 5.26 Å². The molecule has 0 aliphatic carbocycles. The summed E-state index contributed by atoms with van der Waals surface area (Å²) in [6.45, 7) is -0.0906. The van der Waals surface area contributed by atoms with Gasteiger partial charge in [0.15, 0.2) is 0 Å². The highest BCUT2D eigenvalue weighted by atomic mass is 35.5. The van der Waals surface area contributed by atoms with Gasteiger partial charge in [-0.1, -0.05) is 11.6 Å². The number of ether oxygens (including phenoxy) is 1. The summed E-state index contributed by atoms with van der Waals surface area (Å²) in [5.74, 6) is -0.697. The van der Waals surface area contributed by atoms with Crippen molar-refractivity contribution in [3.8, 4) is 11.8 Å². The van der Waals surface area contributed by atoms with Crippen molar-refractivity contribution in [3.63, 3.8) is 0 Å². The Balaban J connectivity index is 2.16. The summed E-state index contributed by atoms with van der Waals surface area (Å²) in [5, 5.41) is 8.84. The van der Waals surface area contributed by atoms with Crippen LogP contribution in [-0.2, 0) is 6.61 Å². The van der Waals surface area contributed by atoms with Gasteiger partial charge in [-0.15, -0.1) is 0 Å². The SMILES string of the molecule is N#Cc1ccc(F)c(COc2ccc(F)cc2Cl)c1. The first kappa shape index (κ1) is 13.3. The number of nitriles is 1. The van der Waals surface area contributed by atoms with Gasteiger partial charge in [0.1, 0.15) is 24.0 Å². The quantitative estimate of drug-likeness (QED) is 0.848. The highest BCUT2D eigenvalue weighted by Crippen LogP contribution is 2.26. The van der Waals surface area contributed by atoms with E-state index in [0.717, 1.165) is 6.07 Å². The van der Waals surface area contributed by atoms with E-state index in [0.29, 0.717) is 5.56 Å². The monoisotopic (exact) mass is 279 g/mol. The van der Waals surface area contributed by atoms with Crippen molar-refractivity contribution in [1.82, 2.24) is 0 Å². The maximum absolute atomic E-state index is 13.5. The number of halogens is 3. The minimum absolute atomic E-state index is 0.0906. The fourth-order valence-corrected chi connectivity index (χ4v) is 1.72. The molecule has 0 amide bonds. The molecule has 0 saturated carbocycles. The third-order valence-electron chi connectivity index (χ3n) is 2.45. The lowest BCUT2D eigenvalue weighted by molar-refractivity contribution is 0.299. The van der Waals surface area contributed by atoms with E-state index >= 15 is 0 Å². The number of hydrogen-bond donors (Lipinski definition) is 0. The van der Waals surface area contributed by atoms with Crippen molar-refractivity contribution in [3.05, 3.63) is 64.2 Å². The van der Waals surface area contributed by atoms with Crippen LogP contribution >= 0.6 is 11.6 Å². The molecular formula is C14H8ClF2NO. The minimum atomic E-state index is -0.477. The lowest BCUT2D eigenvalue weighted by Gasteiger charge is -2.09. The first-order chi connectivity index (χ1) is 9.10. The molecular weight excluding hydrogens is 272 g/mol. The van der Waals surface area contributed by atoms with E-state index in [1.165, 1.54) is 30.3 Å². The maximum Gasteiger partial charge on any atom is 0.138 e. The van der Waals surface area contributed by atoms with Crippen LogP contribution in [0.25, 0.3) is 0 Å². The molecule has 0 fully saturated rings. The molecule has 19 heavy (non-hydrogen) atoms. The molecule has 0 N–H and O–H groups in total.